The van der Waals surface area contributed by atoms with Gasteiger partial charge < -0.3 is 10.9 Å². The van der Waals surface area contributed by atoms with Crippen molar-refractivity contribution in [2.45, 2.75) is 0 Å². The third kappa shape index (κ3) is 7.17. The Labute approximate surface area is 99.9 Å². The maximum atomic E-state index is 8.41. The molecule has 0 spiro atoms. The predicted molar refractivity (Wildman–Crippen MR) is 54.4 cm³/mol. The first-order chi connectivity index (χ1) is 6.28. The zero-order chi connectivity index (χ0) is 10.1. The Hall–Kier alpha value is -0.262. The molecule has 1 rings (SSSR count). The minimum atomic E-state index is -0.472. The van der Waals surface area contributed by atoms with Crippen molar-refractivity contribution in [3.63, 3.8) is 0 Å². The minimum absolute atomic E-state index is 0. The molecule has 14 heavy (non-hydrogen) atoms. The van der Waals surface area contributed by atoms with E-state index in [-0.39, 0.29) is 6.15 Å². The fraction of sp³-hybridized carbons (Fsp3) is 0.125. The summed E-state index contributed by atoms with van der Waals surface area (Å²) in [5, 5.41) is 8.41. The van der Waals surface area contributed by atoms with Crippen LogP contribution >= 0.6 is 18.8 Å². The van der Waals surface area contributed by atoms with Gasteiger partial charge >= 0.3 is 35.3 Å². The molecular formula is C8H10Cl2N2OPt. The first kappa shape index (κ1) is 16.2. The van der Waals surface area contributed by atoms with Gasteiger partial charge in [0.25, 0.3) is 0 Å². The summed E-state index contributed by atoms with van der Waals surface area (Å²) in [6.45, 7) is 0. The quantitative estimate of drug-likeness (QED) is 0.765. The van der Waals surface area contributed by atoms with E-state index in [0.29, 0.717) is 5.56 Å². The second-order valence-corrected chi connectivity index (χ2v) is 5.17. The zero-order valence-corrected chi connectivity index (χ0v) is 11.2. The van der Waals surface area contributed by atoms with E-state index in [0.717, 1.165) is 5.75 Å². The second kappa shape index (κ2) is 10.8. The van der Waals surface area contributed by atoms with Crippen LogP contribution < -0.4 is 10.9 Å². The van der Waals surface area contributed by atoms with Crippen LogP contribution in [0.5, 0.6) is 5.75 Å². The van der Waals surface area contributed by atoms with Crippen LogP contribution in [-0.2, 0) is 16.5 Å². The molecule has 0 aliphatic carbocycles. The third-order valence-electron chi connectivity index (χ3n) is 1.22. The number of rotatable bonds is 1. The maximum absolute atomic E-state index is 8.41. The molecule has 3 N–H and O–H groups in total. The molecule has 6 heteroatoms. The van der Waals surface area contributed by atoms with Gasteiger partial charge in [-0.25, -0.2) is 0 Å². The van der Waals surface area contributed by atoms with E-state index < -0.39 is 16.5 Å². The van der Waals surface area contributed by atoms with Gasteiger partial charge in [0.05, 0.1) is 18.7 Å². The van der Waals surface area contributed by atoms with Crippen LogP contribution in [0.4, 0.5) is 0 Å². The molecule has 3 nitrogen and oxygen atoms in total. The number of ether oxygens (including phenoxy) is 1. The number of methoxy groups -OCH3 is 1. The normalized spacial score (nSPS) is 7.57. The third-order valence-corrected chi connectivity index (χ3v) is 1.22. The van der Waals surface area contributed by atoms with Crippen LogP contribution in [0.2, 0.25) is 0 Å². The van der Waals surface area contributed by atoms with E-state index in [4.69, 9.17) is 28.8 Å². The fourth-order valence-electron chi connectivity index (χ4n) is 0.666. The number of nitriles is 1. The summed E-state index contributed by atoms with van der Waals surface area (Å²) in [6, 6.07) is 8.99. The summed E-state index contributed by atoms with van der Waals surface area (Å²) in [4.78, 5) is 0. The van der Waals surface area contributed by atoms with Crippen molar-refractivity contribution in [2.24, 2.45) is 0 Å². The Balaban J connectivity index is 0. The Kier molecular flexibility index (Phi) is 12.5. The van der Waals surface area contributed by atoms with E-state index in [1.807, 2.05) is 6.07 Å². The summed E-state index contributed by atoms with van der Waals surface area (Å²) in [6.07, 6.45) is 0. The Morgan fingerprint density at radius 3 is 2.00 bits per heavy atom. The van der Waals surface area contributed by atoms with Crippen molar-refractivity contribution in [2.75, 3.05) is 7.11 Å². The molecule has 0 radical (unpaired) electrons. The van der Waals surface area contributed by atoms with Crippen molar-refractivity contribution in [3.8, 4) is 11.8 Å². The summed E-state index contributed by atoms with van der Waals surface area (Å²) >= 11 is -0.472. The average Bonchev–Trinajstić information content (AvgIpc) is 2.19. The van der Waals surface area contributed by atoms with Crippen LogP contribution in [0.3, 0.4) is 0 Å². The fourth-order valence-corrected chi connectivity index (χ4v) is 0.666. The first-order valence-electron chi connectivity index (χ1n) is 3.15. The number of hydrogen-bond acceptors (Lipinski definition) is 3. The average molecular weight is 416 g/mol. The van der Waals surface area contributed by atoms with Crippen LogP contribution in [0, 0.1) is 11.3 Å². The summed E-state index contributed by atoms with van der Waals surface area (Å²) in [5.41, 5.74) is 0.654. The molecule has 0 aromatic heterocycles. The molecule has 0 unspecified atom stereocenters. The molecule has 1 aromatic rings. The molecule has 0 saturated heterocycles. The molecule has 0 aliphatic heterocycles. The number of nitrogens with zero attached hydrogens (tertiary/aromatic N) is 1. The molecule has 0 fully saturated rings. The molecule has 0 bridgehead atoms. The van der Waals surface area contributed by atoms with E-state index in [1.165, 1.54) is 0 Å². The Bertz CT molecular complexity index is 274. The summed E-state index contributed by atoms with van der Waals surface area (Å²) in [7, 11) is 11.3. The van der Waals surface area contributed by atoms with E-state index >= 15 is 0 Å². The van der Waals surface area contributed by atoms with Crippen LogP contribution in [0.15, 0.2) is 24.3 Å². The molecule has 82 valence electrons. The molecule has 0 atom stereocenters. The van der Waals surface area contributed by atoms with Crippen molar-refractivity contribution in [1.82, 2.24) is 6.15 Å². The van der Waals surface area contributed by atoms with Crippen LogP contribution in [-0.4, -0.2) is 7.11 Å². The van der Waals surface area contributed by atoms with Crippen LogP contribution in [0.25, 0.3) is 0 Å². The van der Waals surface area contributed by atoms with Gasteiger partial charge in [0.15, 0.2) is 0 Å². The molecular weight excluding hydrogens is 406 g/mol. The number of hydrogen-bond donors (Lipinski definition) is 1. The first-order valence-corrected chi connectivity index (χ1v) is 8.78. The molecule has 0 amide bonds. The van der Waals surface area contributed by atoms with Gasteiger partial charge in [-0.3, -0.25) is 0 Å². The van der Waals surface area contributed by atoms with Crippen molar-refractivity contribution in [1.29, 1.82) is 5.26 Å². The van der Waals surface area contributed by atoms with E-state index in [2.05, 4.69) is 0 Å². The van der Waals surface area contributed by atoms with Gasteiger partial charge in [-0.1, -0.05) is 0 Å². The molecule has 1 aromatic carbocycles. The predicted octanol–water partition coefficient (Wildman–Crippen LogP) is 3.11. The van der Waals surface area contributed by atoms with Gasteiger partial charge in [-0.15, -0.1) is 0 Å². The Morgan fingerprint density at radius 1 is 1.29 bits per heavy atom. The van der Waals surface area contributed by atoms with E-state index in [1.54, 1.807) is 31.4 Å². The van der Waals surface area contributed by atoms with Crippen molar-refractivity contribution < 1.29 is 21.2 Å². The summed E-state index contributed by atoms with van der Waals surface area (Å²) < 4.78 is 4.90. The van der Waals surface area contributed by atoms with Crippen molar-refractivity contribution >= 4 is 18.8 Å². The van der Waals surface area contributed by atoms with E-state index in [9.17, 15) is 0 Å². The number of halogens is 2. The SMILES string of the molecule is COc1ccc(C#N)cc1.N.[Cl][Pt][Cl]. The van der Waals surface area contributed by atoms with Gasteiger partial charge in [-0.05, 0) is 24.3 Å². The zero-order valence-electron chi connectivity index (χ0n) is 7.44. The molecule has 0 heterocycles. The van der Waals surface area contributed by atoms with Gasteiger partial charge in [0.2, 0.25) is 0 Å². The second-order valence-electron chi connectivity index (χ2n) is 1.89. The monoisotopic (exact) mass is 415 g/mol. The standard InChI is InChI=1S/C8H7NO.2ClH.H3N.Pt/c1-10-8-4-2-7(6-9)3-5-8;;;;/h2-5H,1H3;2*1H;1H3;/q;;;;+2/p-2. The molecule has 0 aliphatic rings. The van der Waals surface area contributed by atoms with Gasteiger partial charge in [-0.2, -0.15) is 5.26 Å². The topological polar surface area (TPSA) is 68.0 Å². The number of benzene rings is 1. The van der Waals surface area contributed by atoms with Crippen LogP contribution in [0.1, 0.15) is 5.56 Å². The van der Waals surface area contributed by atoms with Gasteiger partial charge in [0, 0.05) is 0 Å². The Morgan fingerprint density at radius 2 is 1.71 bits per heavy atom. The van der Waals surface area contributed by atoms with Crippen molar-refractivity contribution in [3.05, 3.63) is 29.8 Å². The van der Waals surface area contributed by atoms with Gasteiger partial charge in [0.1, 0.15) is 5.75 Å². The molecule has 0 saturated carbocycles. The summed E-state index contributed by atoms with van der Waals surface area (Å²) in [5.74, 6) is 0.777.